The fraction of sp³-hybridized carbons (Fsp3) is 0.192. The Morgan fingerprint density at radius 2 is 1.89 bits per heavy atom. The molecule has 1 aromatic heterocycles. The Hall–Kier alpha value is -3.08. The minimum absolute atomic E-state index is 0.0292. The first-order chi connectivity index (χ1) is 17.7. The molecule has 8 nitrogen and oxygen atoms in total. The monoisotopic (exact) mass is 646 g/mol. The van der Waals surface area contributed by atoms with Crippen molar-refractivity contribution in [2.24, 2.45) is 5.10 Å². The van der Waals surface area contributed by atoms with E-state index in [1.807, 2.05) is 19.9 Å². The highest BCUT2D eigenvalue weighted by molar-refractivity contribution is 9.10. The average molecular weight is 649 g/mol. The SMILES string of the molecule is CC[C@@H](C)c1nc2ccc(Br)cc2c(=O)n1N=Cc1cc(Br)cc([N+](=O)[O-])c1OCc1ccc(Cl)cc1. The fourth-order valence-corrected chi connectivity index (χ4v) is 4.57. The standard InChI is InChI=1S/C26H21Br2ClN4O4/c1-3-15(2)25-31-22-9-6-18(27)11-21(22)26(34)32(25)30-13-17-10-19(28)12-23(33(35)36)24(17)37-14-16-4-7-20(29)8-5-16/h4-13,15H,3,14H2,1-2H3/t15-/m1/s1. The molecule has 1 heterocycles. The molecule has 0 fully saturated rings. The largest absolute Gasteiger partial charge is 0.481 e. The molecule has 11 heteroatoms. The van der Waals surface area contributed by atoms with Gasteiger partial charge in [-0.15, -0.1) is 0 Å². The van der Waals surface area contributed by atoms with Crippen LogP contribution >= 0.6 is 43.5 Å². The zero-order chi connectivity index (χ0) is 26.7. The van der Waals surface area contributed by atoms with Crippen molar-refractivity contribution in [3.05, 3.63) is 106 Å². The van der Waals surface area contributed by atoms with Gasteiger partial charge in [-0.1, -0.05) is 69.4 Å². The molecule has 0 aliphatic carbocycles. The van der Waals surface area contributed by atoms with Crippen LogP contribution in [-0.4, -0.2) is 20.8 Å². The zero-order valence-electron chi connectivity index (χ0n) is 19.8. The van der Waals surface area contributed by atoms with E-state index in [1.54, 1.807) is 42.5 Å². The topological polar surface area (TPSA) is 99.6 Å². The summed E-state index contributed by atoms with van der Waals surface area (Å²) < 4.78 is 8.37. The third kappa shape index (κ3) is 6.08. The molecule has 0 unspecified atom stereocenters. The van der Waals surface area contributed by atoms with Crippen molar-refractivity contribution in [1.29, 1.82) is 0 Å². The molecule has 1 atom stereocenters. The number of fused-ring (bicyclic) bond motifs is 1. The van der Waals surface area contributed by atoms with Crippen molar-refractivity contribution in [3.8, 4) is 5.75 Å². The summed E-state index contributed by atoms with van der Waals surface area (Å²) in [5, 5.41) is 17.3. The second-order valence-electron chi connectivity index (χ2n) is 8.32. The first-order valence-corrected chi connectivity index (χ1v) is 13.3. The van der Waals surface area contributed by atoms with Gasteiger partial charge in [-0.2, -0.15) is 9.78 Å². The van der Waals surface area contributed by atoms with Crippen LogP contribution in [0.15, 0.2) is 73.4 Å². The summed E-state index contributed by atoms with van der Waals surface area (Å²) in [6.45, 7) is 4.03. The third-order valence-electron chi connectivity index (χ3n) is 5.75. The van der Waals surface area contributed by atoms with Crippen LogP contribution in [0.3, 0.4) is 0 Å². The van der Waals surface area contributed by atoms with Crippen molar-refractivity contribution < 1.29 is 9.66 Å². The quantitative estimate of drug-likeness (QED) is 0.112. The van der Waals surface area contributed by atoms with Crippen molar-refractivity contribution in [2.45, 2.75) is 32.8 Å². The lowest BCUT2D eigenvalue weighted by Crippen LogP contribution is -2.23. The normalized spacial score (nSPS) is 12.2. The van der Waals surface area contributed by atoms with E-state index in [1.165, 1.54) is 17.0 Å². The maximum Gasteiger partial charge on any atom is 0.312 e. The Kier molecular flexibility index (Phi) is 8.41. The average Bonchev–Trinajstić information content (AvgIpc) is 2.87. The fourth-order valence-electron chi connectivity index (χ4n) is 3.62. The van der Waals surface area contributed by atoms with E-state index in [4.69, 9.17) is 21.3 Å². The lowest BCUT2D eigenvalue weighted by Gasteiger charge is -2.14. The number of benzene rings is 3. The molecule has 37 heavy (non-hydrogen) atoms. The second-order valence-corrected chi connectivity index (χ2v) is 10.6. The van der Waals surface area contributed by atoms with Crippen LogP contribution in [0.2, 0.25) is 5.02 Å². The van der Waals surface area contributed by atoms with E-state index in [-0.39, 0.29) is 29.5 Å². The van der Waals surface area contributed by atoms with Crippen LogP contribution in [0.5, 0.6) is 5.75 Å². The smallest absolute Gasteiger partial charge is 0.312 e. The van der Waals surface area contributed by atoms with Crippen LogP contribution in [0, 0.1) is 10.1 Å². The minimum Gasteiger partial charge on any atom is -0.481 e. The predicted octanol–water partition coefficient (Wildman–Crippen LogP) is 7.46. The summed E-state index contributed by atoms with van der Waals surface area (Å²) in [7, 11) is 0. The first-order valence-electron chi connectivity index (χ1n) is 11.3. The van der Waals surface area contributed by atoms with Gasteiger partial charge < -0.3 is 4.74 Å². The summed E-state index contributed by atoms with van der Waals surface area (Å²) in [5.74, 6) is 0.462. The van der Waals surface area contributed by atoms with Gasteiger partial charge in [-0.3, -0.25) is 14.9 Å². The van der Waals surface area contributed by atoms with Gasteiger partial charge in [0, 0.05) is 31.5 Å². The molecule has 0 amide bonds. The van der Waals surface area contributed by atoms with Gasteiger partial charge in [0.1, 0.15) is 12.4 Å². The lowest BCUT2D eigenvalue weighted by molar-refractivity contribution is -0.386. The van der Waals surface area contributed by atoms with E-state index >= 15 is 0 Å². The molecule has 0 spiro atoms. The summed E-state index contributed by atoms with van der Waals surface area (Å²) in [6, 6.07) is 15.3. The van der Waals surface area contributed by atoms with Gasteiger partial charge in [0.15, 0.2) is 0 Å². The Morgan fingerprint density at radius 1 is 1.16 bits per heavy atom. The third-order valence-corrected chi connectivity index (χ3v) is 6.96. The summed E-state index contributed by atoms with van der Waals surface area (Å²) >= 11 is 12.7. The number of aromatic nitrogens is 2. The molecule has 4 rings (SSSR count). The number of rotatable bonds is 8. The Morgan fingerprint density at radius 3 is 2.57 bits per heavy atom. The molecule has 190 valence electrons. The zero-order valence-corrected chi connectivity index (χ0v) is 23.7. The van der Waals surface area contributed by atoms with Gasteiger partial charge in [0.25, 0.3) is 5.56 Å². The van der Waals surface area contributed by atoms with Crippen LogP contribution in [-0.2, 0) is 6.61 Å². The van der Waals surface area contributed by atoms with Crippen LogP contribution in [0.1, 0.15) is 43.1 Å². The van der Waals surface area contributed by atoms with Gasteiger partial charge in [-0.05, 0) is 48.4 Å². The summed E-state index contributed by atoms with van der Waals surface area (Å²) in [4.78, 5) is 29.5. The van der Waals surface area contributed by atoms with Gasteiger partial charge >= 0.3 is 5.69 Å². The Labute approximate surface area is 234 Å². The van der Waals surface area contributed by atoms with Crippen LogP contribution in [0.25, 0.3) is 10.9 Å². The molecule has 3 aromatic carbocycles. The molecule has 4 aromatic rings. The number of nitro benzene ring substituents is 1. The molecular formula is C26H21Br2ClN4O4. The predicted molar refractivity (Wildman–Crippen MR) is 152 cm³/mol. The van der Waals surface area contributed by atoms with E-state index in [0.29, 0.717) is 31.8 Å². The van der Waals surface area contributed by atoms with E-state index in [2.05, 4.69) is 37.0 Å². The number of nitro groups is 1. The lowest BCUT2D eigenvalue weighted by atomic mass is 10.1. The highest BCUT2D eigenvalue weighted by atomic mass is 79.9. The van der Waals surface area contributed by atoms with Crippen molar-refractivity contribution in [2.75, 3.05) is 0 Å². The maximum atomic E-state index is 13.4. The first kappa shape index (κ1) is 27.0. The molecule has 0 saturated carbocycles. The van der Waals surface area contributed by atoms with E-state index in [0.717, 1.165) is 16.5 Å². The number of nitrogens with zero attached hydrogens (tertiary/aromatic N) is 4. The van der Waals surface area contributed by atoms with Crippen molar-refractivity contribution >= 4 is 66.3 Å². The van der Waals surface area contributed by atoms with E-state index in [9.17, 15) is 14.9 Å². The van der Waals surface area contributed by atoms with Crippen LogP contribution < -0.4 is 10.3 Å². The molecule has 0 aliphatic heterocycles. The maximum absolute atomic E-state index is 13.4. The van der Waals surface area contributed by atoms with Gasteiger partial charge in [0.2, 0.25) is 5.75 Å². The van der Waals surface area contributed by atoms with Crippen molar-refractivity contribution in [1.82, 2.24) is 9.66 Å². The molecule has 0 aliphatic rings. The number of hydrogen-bond acceptors (Lipinski definition) is 6. The summed E-state index contributed by atoms with van der Waals surface area (Å²) in [5.41, 5.74) is 1.10. The highest BCUT2D eigenvalue weighted by Crippen LogP contribution is 2.34. The Bertz CT molecular complexity index is 1570. The molecule has 0 radical (unpaired) electrons. The van der Waals surface area contributed by atoms with E-state index < -0.39 is 4.92 Å². The van der Waals surface area contributed by atoms with Crippen LogP contribution in [0.4, 0.5) is 5.69 Å². The molecule has 0 N–H and O–H groups in total. The molecule has 0 saturated heterocycles. The summed E-state index contributed by atoms with van der Waals surface area (Å²) in [6.07, 6.45) is 2.12. The highest BCUT2D eigenvalue weighted by Gasteiger charge is 2.21. The number of ether oxygens (including phenoxy) is 1. The number of hydrogen-bond donors (Lipinski definition) is 0. The Balaban J connectivity index is 1.83. The minimum atomic E-state index is -0.523. The van der Waals surface area contributed by atoms with Crippen molar-refractivity contribution in [3.63, 3.8) is 0 Å². The van der Waals surface area contributed by atoms with Gasteiger partial charge in [-0.25, -0.2) is 4.98 Å². The second kappa shape index (κ2) is 11.5. The van der Waals surface area contributed by atoms with Gasteiger partial charge in [0.05, 0.1) is 22.0 Å². The molecule has 0 bridgehead atoms. The number of halogens is 3. The molecular weight excluding hydrogens is 628 g/mol.